The second-order valence-electron chi connectivity index (χ2n) is 6.04. The van der Waals surface area contributed by atoms with Gasteiger partial charge in [0.1, 0.15) is 0 Å². The zero-order valence-corrected chi connectivity index (χ0v) is 13.5. The van der Waals surface area contributed by atoms with Gasteiger partial charge in [0.2, 0.25) is 10.0 Å². The zero-order chi connectivity index (χ0) is 16.7. The van der Waals surface area contributed by atoms with E-state index in [0.29, 0.717) is 6.42 Å². The number of sulfonamides is 1. The van der Waals surface area contributed by atoms with Crippen LogP contribution in [-0.2, 0) is 14.8 Å². The third-order valence-electron chi connectivity index (χ3n) is 4.33. The topological polar surface area (TPSA) is 79.6 Å². The summed E-state index contributed by atoms with van der Waals surface area (Å²) in [6, 6.07) is 10.4. The Kier molecular flexibility index (Phi) is 3.77. The number of rotatable bonds is 4. The van der Waals surface area contributed by atoms with Crippen LogP contribution >= 0.6 is 0 Å². The lowest BCUT2D eigenvalue weighted by atomic mass is 9.90. The quantitative estimate of drug-likeness (QED) is 0.927. The average molecular weight is 334 g/mol. The maximum atomic E-state index is 12.7. The van der Waals surface area contributed by atoms with Crippen LogP contribution in [0.1, 0.15) is 13.3 Å². The summed E-state index contributed by atoms with van der Waals surface area (Å²) in [5.41, 5.74) is -0.149. The number of nitrogens with zero attached hydrogens (tertiary/aromatic N) is 2. The van der Waals surface area contributed by atoms with Gasteiger partial charge >= 0.3 is 5.97 Å². The predicted molar refractivity (Wildman–Crippen MR) is 84.9 cm³/mol. The summed E-state index contributed by atoms with van der Waals surface area (Å²) in [6.07, 6.45) is 4.08. The van der Waals surface area contributed by atoms with Crippen molar-refractivity contribution < 1.29 is 18.3 Å². The number of carboxylic acids is 1. The molecule has 122 valence electrons. The number of hydrogen-bond acceptors (Lipinski definition) is 3. The molecule has 0 saturated carbocycles. The summed E-state index contributed by atoms with van der Waals surface area (Å²) in [7, 11) is -3.67. The minimum Gasteiger partial charge on any atom is -0.481 e. The van der Waals surface area contributed by atoms with Crippen LogP contribution < -0.4 is 0 Å². The molecule has 7 heteroatoms. The Labute approximate surface area is 135 Å². The second-order valence-corrected chi connectivity index (χ2v) is 7.98. The van der Waals surface area contributed by atoms with Crippen LogP contribution in [0, 0.1) is 5.41 Å². The molecule has 0 amide bonds. The standard InChI is InChI=1S/C16H18N2O4S/c1-16(15(19)20)8-11-18(12-16)23(21,22)14-6-4-13(5-7-14)17-9-2-3-10-17/h2-7,9-10H,8,11-12H2,1H3,(H,19,20). The third kappa shape index (κ3) is 2.77. The second kappa shape index (κ2) is 5.50. The van der Waals surface area contributed by atoms with Crippen LogP contribution in [0.5, 0.6) is 0 Å². The summed E-state index contributed by atoms with van der Waals surface area (Å²) >= 11 is 0. The van der Waals surface area contributed by atoms with Crippen LogP contribution in [0.4, 0.5) is 0 Å². The molecule has 0 radical (unpaired) electrons. The monoisotopic (exact) mass is 334 g/mol. The number of carboxylic acid groups (broad SMARTS) is 1. The minimum atomic E-state index is -3.67. The Bertz CT molecular complexity index is 812. The summed E-state index contributed by atoms with van der Waals surface area (Å²) in [5, 5.41) is 9.24. The van der Waals surface area contributed by atoms with Crippen molar-refractivity contribution in [2.24, 2.45) is 5.41 Å². The first-order valence-electron chi connectivity index (χ1n) is 7.30. The van der Waals surface area contributed by atoms with Gasteiger partial charge in [0.15, 0.2) is 0 Å². The van der Waals surface area contributed by atoms with E-state index in [0.717, 1.165) is 5.69 Å². The molecule has 6 nitrogen and oxygen atoms in total. The molecule has 1 saturated heterocycles. The van der Waals surface area contributed by atoms with Crippen LogP contribution in [0.25, 0.3) is 5.69 Å². The summed E-state index contributed by atoms with van der Waals surface area (Å²) in [6.45, 7) is 1.81. The molecule has 2 aromatic rings. The summed E-state index contributed by atoms with van der Waals surface area (Å²) in [5.74, 6) is -0.960. The lowest BCUT2D eigenvalue weighted by Crippen LogP contribution is -2.34. The maximum Gasteiger partial charge on any atom is 0.310 e. The summed E-state index contributed by atoms with van der Waals surface area (Å²) < 4.78 is 28.5. The molecular formula is C16H18N2O4S. The first-order valence-corrected chi connectivity index (χ1v) is 8.74. The van der Waals surface area contributed by atoms with Gasteiger partial charge in [-0.3, -0.25) is 4.79 Å². The van der Waals surface area contributed by atoms with E-state index in [9.17, 15) is 18.3 Å². The molecule has 1 atom stereocenters. The van der Waals surface area contributed by atoms with Gasteiger partial charge in [-0.05, 0) is 49.7 Å². The van der Waals surface area contributed by atoms with E-state index >= 15 is 0 Å². The number of aromatic nitrogens is 1. The van der Waals surface area contributed by atoms with Crippen molar-refractivity contribution in [3.05, 3.63) is 48.8 Å². The SMILES string of the molecule is CC1(C(=O)O)CCN(S(=O)(=O)c2ccc(-n3cccc3)cc2)C1. The highest BCUT2D eigenvalue weighted by molar-refractivity contribution is 7.89. The Morgan fingerprint density at radius 1 is 1.17 bits per heavy atom. The van der Waals surface area contributed by atoms with E-state index in [1.54, 1.807) is 31.2 Å². The number of carbonyl (C=O) groups is 1. The number of benzene rings is 1. The summed E-state index contributed by atoms with van der Waals surface area (Å²) in [4.78, 5) is 11.5. The molecule has 23 heavy (non-hydrogen) atoms. The lowest BCUT2D eigenvalue weighted by Gasteiger charge is -2.20. The molecule has 0 aliphatic carbocycles. The molecule has 1 aromatic carbocycles. The molecule has 1 aliphatic heterocycles. The van der Waals surface area contributed by atoms with Crippen molar-refractivity contribution in [2.75, 3.05) is 13.1 Å². The molecule has 0 spiro atoms. The fourth-order valence-electron chi connectivity index (χ4n) is 2.74. The maximum absolute atomic E-state index is 12.7. The molecule has 1 aromatic heterocycles. The first-order chi connectivity index (χ1) is 10.8. The Morgan fingerprint density at radius 3 is 2.30 bits per heavy atom. The molecule has 0 bridgehead atoms. The Balaban J connectivity index is 1.85. The minimum absolute atomic E-state index is 0.00399. The lowest BCUT2D eigenvalue weighted by molar-refractivity contribution is -0.146. The van der Waals surface area contributed by atoms with E-state index in [-0.39, 0.29) is 18.0 Å². The van der Waals surface area contributed by atoms with Crippen LogP contribution in [-0.4, -0.2) is 41.5 Å². The molecule has 1 aliphatic rings. The van der Waals surface area contributed by atoms with Crippen molar-refractivity contribution in [2.45, 2.75) is 18.2 Å². The Hall–Kier alpha value is -2.12. The van der Waals surface area contributed by atoms with Gasteiger partial charge in [0.25, 0.3) is 0 Å². The highest BCUT2D eigenvalue weighted by Gasteiger charge is 2.44. The zero-order valence-electron chi connectivity index (χ0n) is 12.7. The van der Waals surface area contributed by atoms with Gasteiger partial charge in [-0.2, -0.15) is 4.31 Å². The van der Waals surface area contributed by atoms with Crippen molar-refractivity contribution in [1.82, 2.24) is 8.87 Å². The predicted octanol–water partition coefficient (Wildman–Crippen LogP) is 1.96. The molecule has 3 rings (SSSR count). The van der Waals surface area contributed by atoms with Crippen molar-refractivity contribution >= 4 is 16.0 Å². The molecule has 2 heterocycles. The van der Waals surface area contributed by atoms with Crippen molar-refractivity contribution in [3.8, 4) is 5.69 Å². The van der Waals surface area contributed by atoms with Gasteiger partial charge in [0, 0.05) is 31.2 Å². The largest absolute Gasteiger partial charge is 0.481 e. The first kappa shape index (κ1) is 15.8. The fraction of sp³-hybridized carbons (Fsp3) is 0.312. The van der Waals surface area contributed by atoms with Crippen LogP contribution in [0.15, 0.2) is 53.7 Å². The van der Waals surface area contributed by atoms with Gasteiger partial charge < -0.3 is 9.67 Å². The van der Waals surface area contributed by atoms with Crippen molar-refractivity contribution in [3.63, 3.8) is 0 Å². The van der Waals surface area contributed by atoms with E-state index in [1.165, 1.54) is 4.31 Å². The molecule has 1 fully saturated rings. The molecule has 1 N–H and O–H groups in total. The Morgan fingerprint density at radius 2 is 1.78 bits per heavy atom. The van der Waals surface area contributed by atoms with E-state index in [1.807, 2.05) is 29.1 Å². The highest BCUT2D eigenvalue weighted by Crippen LogP contribution is 2.33. The van der Waals surface area contributed by atoms with Gasteiger partial charge in [-0.25, -0.2) is 8.42 Å². The van der Waals surface area contributed by atoms with Gasteiger partial charge in [-0.1, -0.05) is 0 Å². The fourth-order valence-corrected chi connectivity index (χ4v) is 4.31. The number of aliphatic carboxylic acids is 1. The van der Waals surface area contributed by atoms with E-state index in [2.05, 4.69) is 0 Å². The third-order valence-corrected chi connectivity index (χ3v) is 6.19. The highest BCUT2D eigenvalue weighted by atomic mass is 32.2. The number of hydrogen-bond donors (Lipinski definition) is 1. The van der Waals surface area contributed by atoms with Gasteiger partial charge in [-0.15, -0.1) is 0 Å². The smallest absolute Gasteiger partial charge is 0.310 e. The van der Waals surface area contributed by atoms with E-state index < -0.39 is 21.4 Å². The van der Waals surface area contributed by atoms with Crippen molar-refractivity contribution in [1.29, 1.82) is 0 Å². The normalized spacial score (nSPS) is 22.3. The van der Waals surface area contributed by atoms with Gasteiger partial charge in [0.05, 0.1) is 10.3 Å². The van der Waals surface area contributed by atoms with Crippen LogP contribution in [0.2, 0.25) is 0 Å². The molecular weight excluding hydrogens is 316 g/mol. The molecule has 1 unspecified atom stereocenters. The van der Waals surface area contributed by atoms with Crippen LogP contribution in [0.3, 0.4) is 0 Å². The van der Waals surface area contributed by atoms with E-state index in [4.69, 9.17) is 0 Å². The average Bonchev–Trinajstić information content (AvgIpc) is 3.18.